The first kappa shape index (κ1) is 16.6. The van der Waals surface area contributed by atoms with Gasteiger partial charge >= 0.3 is 0 Å². The number of fused-ring (bicyclic) bond motifs is 4. The summed E-state index contributed by atoms with van der Waals surface area (Å²) in [6, 6.07) is 26.5. The molecular weight excluding hydrogens is 372 g/mol. The van der Waals surface area contributed by atoms with Gasteiger partial charge < -0.3 is 4.74 Å². The molecule has 0 spiro atoms. The second-order valence-electron chi connectivity index (χ2n) is 7.16. The van der Waals surface area contributed by atoms with E-state index in [0.717, 1.165) is 44.3 Å². The Morgan fingerprint density at radius 1 is 0.867 bits per heavy atom. The monoisotopic (exact) mass is 386 g/mol. The van der Waals surface area contributed by atoms with Crippen molar-refractivity contribution in [1.29, 1.82) is 5.26 Å². The van der Waals surface area contributed by atoms with Gasteiger partial charge in [-0.3, -0.25) is 0 Å². The van der Waals surface area contributed by atoms with E-state index in [0.29, 0.717) is 17.4 Å². The quantitative estimate of drug-likeness (QED) is 0.383. The lowest BCUT2D eigenvalue weighted by Crippen LogP contribution is -2.06. The van der Waals surface area contributed by atoms with Gasteiger partial charge in [-0.15, -0.1) is 0 Å². The summed E-state index contributed by atoms with van der Waals surface area (Å²) in [6.07, 6.45) is 0.101. The topological polar surface area (TPSA) is 71.7 Å². The Hall–Kier alpha value is -4.30. The standard InChI is InChI=1S/C25H14N4O/c26-13-12-21-28-24-23-18(14-19(27-24)16-7-2-1-3-8-16)22-17-9-5-4-6-15(17)10-11-20(22)30-25(23)29-21/h1-11,14H,12H2. The lowest BCUT2D eigenvalue weighted by Gasteiger charge is -2.22. The minimum atomic E-state index is 0.101. The number of hydrogen-bond acceptors (Lipinski definition) is 5. The Morgan fingerprint density at radius 3 is 2.57 bits per heavy atom. The molecule has 1 aliphatic heterocycles. The summed E-state index contributed by atoms with van der Waals surface area (Å²) in [4.78, 5) is 13.9. The molecule has 0 fully saturated rings. The summed E-state index contributed by atoms with van der Waals surface area (Å²) in [5, 5.41) is 12.2. The van der Waals surface area contributed by atoms with Crippen LogP contribution in [0.25, 0.3) is 44.2 Å². The molecule has 5 aromatic rings. The fraction of sp³-hybridized carbons (Fsp3) is 0.0400. The van der Waals surface area contributed by atoms with Crippen LogP contribution in [0.15, 0.2) is 72.8 Å². The van der Waals surface area contributed by atoms with Gasteiger partial charge in [0.05, 0.1) is 23.6 Å². The van der Waals surface area contributed by atoms with Crippen LogP contribution in [-0.4, -0.2) is 15.0 Å². The first-order valence-corrected chi connectivity index (χ1v) is 9.66. The number of nitriles is 1. The van der Waals surface area contributed by atoms with E-state index in [1.165, 1.54) is 0 Å². The maximum absolute atomic E-state index is 9.14. The average Bonchev–Trinajstić information content (AvgIpc) is 2.79. The minimum absolute atomic E-state index is 0.101. The van der Waals surface area contributed by atoms with Gasteiger partial charge in [0.15, 0.2) is 5.65 Å². The first-order valence-electron chi connectivity index (χ1n) is 9.66. The van der Waals surface area contributed by atoms with Gasteiger partial charge in [0.1, 0.15) is 11.6 Å². The Kier molecular flexibility index (Phi) is 3.53. The molecule has 0 aliphatic carbocycles. The van der Waals surface area contributed by atoms with Crippen LogP contribution in [0, 0.1) is 11.3 Å². The Balaban J connectivity index is 1.75. The maximum Gasteiger partial charge on any atom is 0.232 e. The van der Waals surface area contributed by atoms with E-state index in [2.05, 4.69) is 34.2 Å². The van der Waals surface area contributed by atoms with Gasteiger partial charge in [-0.2, -0.15) is 10.2 Å². The summed E-state index contributed by atoms with van der Waals surface area (Å²) < 4.78 is 6.19. The third-order valence-corrected chi connectivity index (χ3v) is 5.35. The molecule has 2 aromatic heterocycles. The van der Waals surface area contributed by atoms with Crippen molar-refractivity contribution >= 4 is 21.8 Å². The first-order chi connectivity index (χ1) is 14.8. The third kappa shape index (κ3) is 2.44. The highest BCUT2D eigenvalue weighted by Gasteiger charge is 2.26. The molecule has 6 rings (SSSR count). The molecule has 3 heterocycles. The van der Waals surface area contributed by atoms with Crippen molar-refractivity contribution in [3.05, 3.63) is 78.6 Å². The van der Waals surface area contributed by atoms with E-state index in [1.807, 2.05) is 54.6 Å². The van der Waals surface area contributed by atoms with Crippen molar-refractivity contribution in [2.75, 3.05) is 0 Å². The summed E-state index contributed by atoms with van der Waals surface area (Å²) >= 11 is 0. The number of aromatic nitrogens is 3. The van der Waals surface area contributed by atoms with Crippen LogP contribution in [0.1, 0.15) is 5.82 Å². The van der Waals surface area contributed by atoms with Gasteiger partial charge in [-0.05, 0) is 22.9 Å². The molecule has 0 atom stereocenters. The lowest BCUT2D eigenvalue weighted by atomic mass is 9.93. The number of benzene rings is 3. The van der Waals surface area contributed by atoms with E-state index >= 15 is 0 Å². The SMILES string of the molecule is N#CCc1nc2c3c(cc(-c4ccccc4)nc3n1)-c1c(ccc3ccccc13)O2. The van der Waals surface area contributed by atoms with E-state index in [9.17, 15) is 0 Å². The molecule has 140 valence electrons. The molecule has 0 bridgehead atoms. The van der Waals surface area contributed by atoms with E-state index in [1.54, 1.807) is 0 Å². The fourth-order valence-electron chi connectivity index (χ4n) is 4.04. The third-order valence-electron chi connectivity index (χ3n) is 5.35. The molecule has 1 aliphatic rings. The van der Waals surface area contributed by atoms with Crippen LogP contribution in [0.3, 0.4) is 0 Å². The van der Waals surface area contributed by atoms with Crippen molar-refractivity contribution < 1.29 is 4.74 Å². The molecule has 5 heteroatoms. The average molecular weight is 386 g/mol. The van der Waals surface area contributed by atoms with Gasteiger partial charge in [-0.25, -0.2) is 9.97 Å². The van der Waals surface area contributed by atoms with Crippen LogP contribution in [0.5, 0.6) is 11.6 Å². The highest BCUT2D eigenvalue weighted by Crippen LogP contribution is 2.48. The summed E-state index contributed by atoms with van der Waals surface area (Å²) in [7, 11) is 0. The lowest BCUT2D eigenvalue weighted by molar-refractivity contribution is 0.465. The van der Waals surface area contributed by atoms with Gasteiger partial charge in [0.2, 0.25) is 5.88 Å². The predicted molar refractivity (Wildman–Crippen MR) is 115 cm³/mol. The van der Waals surface area contributed by atoms with Crippen LogP contribution < -0.4 is 4.74 Å². The molecule has 0 unspecified atom stereocenters. The van der Waals surface area contributed by atoms with Gasteiger partial charge in [0.25, 0.3) is 0 Å². The van der Waals surface area contributed by atoms with Crippen molar-refractivity contribution in [2.45, 2.75) is 6.42 Å². The van der Waals surface area contributed by atoms with Crippen LogP contribution in [0.4, 0.5) is 0 Å². The van der Waals surface area contributed by atoms with E-state index < -0.39 is 0 Å². The highest BCUT2D eigenvalue weighted by molar-refractivity contribution is 6.10. The normalized spacial score (nSPS) is 11.7. The molecule has 0 amide bonds. The summed E-state index contributed by atoms with van der Waals surface area (Å²) in [5.74, 6) is 1.61. The molecular formula is C25H14N4O. The smallest absolute Gasteiger partial charge is 0.232 e. The number of ether oxygens (including phenoxy) is 1. The van der Waals surface area contributed by atoms with Gasteiger partial charge in [0, 0.05) is 16.7 Å². The molecule has 0 saturated carbocycles. The van der Waals surface area contributed by atoms with Crippen molar-refractivity contribution in [1.82, 2.24) is 15.0 Å². The fourth-order valence-corrected chi connectivity index (χ4v) is 4.04. The predicted octanol–water partition coefficient (Wildman–Crippen LogP) is 5.68. The number of pyridine rings is 1. The molecule has 5 nitrogen and oxygen atoms in total. The van der Waals surface area contributed by atoms with Crippen LogP contribution in [0.2, 0.25) is 0 Å². The number of nitrogens with zero attached hydrogens (tertiary/aromatic N) is 4. The summed E-state index contributed by atoms with van der Waals surface area (Å²) in [6.45, 7) is 0. The van der Waals surface area contributed by atoms with Gasteiger partial charge in [-0.1, -0.05) is 60.7 Å². The minimum Gasteiger partial charge on any atom is -0.437 e. The number of rotatable bonds is 2. The molecule has 0 radical (unpaired) electrons. The van der Waals surface area contributed by atoms with Crippen molar-refractivity contribution in [2.24, 2.45) is 0 Å². The highest BCUT2D eigenvalue weighted by atomic mass is 16.5. The Morgan fingerprint density at radius 2 is 1.70 bits per heavy atom. The largest absolute Gasteiger partial charge is 0.437 e. The van der Waals surface area contributed by atoms with Crippen LogP contribution in [-0.2, 0) is 6.42 Å². The van der Waals surface area contributed by atoms with Crippen LogP contribution >= 0.6 is 0 Å². The van der Waals surface area contributed by atoms with E-state index in [4.69, 9.17) is 15.0 Å². The maximum atomic E-state index is 9.14. The molecule has 3 aromatic carbocycles. The molecule has 0 saturated heterocycles. The zero-order valence-corrected chi connectivity index (χ0v) is 15.8. The molecule has 30 heavy (non-hydrogen) atoms. The second kappa shape index (κ2) is 6.36. The second-order valence-corrected chi connectivity index (χ2v) is 7.16. The Labute approximate surface area is 172 Å². The zero-order chi connectivity index (χ0) is 20.1. The molecule has 0 N–H and O–H groups in total. The van der Waals surface area contributed by atoms with E-state index in [-0.39, 0.29) is 6.42 Å². The Bertz CT molecular complexity index is 1500. The number of hydrogen-bond donors (Lipinski definition) is 0. The summed E-state index contributed by atoms with van der Waals surface area (Å²) in [5.41, 5.74) is 4.38. The van der Waals surface area contributed by atoms with Crippen molar-refractivity contribution in [3.8, 4) is 40.1 Å². The van der Waals surface area contributed by atoms with Crippen molar-refractivity contribution in [3.63, 3.8) is 0 Å². The zero-order valence-electron chi connectivity index (χ0n) is 15.8.